The highest BCUT2D eigenvalue weighted by Crippen LogP contribution is 2.33. The number of carbonyl (C=O) groups is 1. The fourth-order valence-corrected chi connectivity index (χ4v) is 3.34. The highest BCUT2D eigenvalue weighted by molar-refractivity contribution is 6.06. The number of amidine groups is 1. The number of hydrogen-bond donors (Lipinski definition) is 3. The van der Waals surface area contributed by atoms with E-state index in [0.717, 1.165) is 0 Å². The lowest BCUT2D eigenvalue weighted by atomic mass is 9.77. The molecule has 2 fully saturated rings. The van der Waals surface area contributed by atoms with Gasteiger partial charge in [0.2, 0.25) is 5.91 Å². The van der Waals surface area contributed by atoms with Crippen molar-refractivity contribution in [2.45, 2.75) is 51.5 Å². The van der Waals surface area contributed by atoms with E-state index in [1.807, 2.05) is 6.92 Å². The summed E-state index contributed by atoms with van der Waals surface area (Å²) in [5, 5.41) is 15.2. The number of nitrogens with one attached hydrogen (secondary N) is 1. The molecule has 0 aromatic rings. The molecule has 0 spiro atoms. The Bertz CT molecular complexity index is 372. The van der Waals surface area contributed by atoms with E-state index in [1.54, 1.807) is 0 Å². The van der Waals surface area contributed by atoms with E-state index in [4.69, 9.17) is 15.7 Å². The van der Waals surface area contributed by atoms with Crippen LogP contribution in [-0.2, 0) is 9.53 Å². The van der Waals surface area contributed by atoms with Crippen molar-refractivity contribution in [1.82, 2.24) is 5.32 Å². The topological polar surface area (TPSA) is 96.9 Å². The Morgan fingerprint density at radius 3 is 2.55 bits per heavy atom. The van der Waals surface area contributed by atoms with Crippen molar-refractivity contribution in [3.63, 3.8) is 0 Å². The lowest BCUT2D eigenvalue weighted by molar-refractivity contribution is -0.132. The first-order chi connectivity index (χ1) is 9.60. The van der Waals surface area contributed by atoms with Crippen LogP contribution in [0.2, 0.25) is 0 Å². The molecule has 1 aliphatic carbocycles. The number of nitrogens with zero attached hydrogens (tertiary/aromatic N) is 1. The van der Waals surface area contributed by atoms with Crippen LogP contribution in [0.1, 0.15) is 45.4 Å². The maximum absolute atomic E-state index is 12.6. The smallest absolute Gasteiger partial charge is 0.234 e. The SMILES string of the molecule is CC(NC(=O)C1(C(N)=NO)CCOCC1)C1CCCC1. The third-order valence-corrected chi connectivity index (χ3v) is 4.84. The zero-order chi connectivity index (χ0) is 14.6. The van der Waals surface area contributed by atoms with Crippen molar-refractivity contribution >= 4 is 11.7 Å². The fraction of sp³-hybridized carbons (Fsp3) is 0.857. The lowest BCUT2D eigenvalue weighted by Crippen LogP contribution is -2.55. The molecule has 0 bridgehead atoms. The van der Waals surface area contributed by atoms with Gasteiger partial charge in [-0.2, -0.15) is 0 Å². The molecule has 6 nitrogen and oxygen atoms in total. The molecular formula is C14H25N3O3. The number of rotatable bonds is 4. The van der Waals surface area contributed by atoms with Crippen molar-refractivity contribution in [1.29, 1.82) is 0 Å². The standard InChI is InChI=1S/C14H25N3O3/c1-10(11-4-2-3-5-11)16-13(18)14(12(15)17-19)6-8-20-9-7-14/h10-11,19H,2-9H2,1H3,(H2,15,17)(H,16,18). The van der Waals surface area contributed by atoms with Gasteiger partial charge in [-0.3, -0.25) is 4.79 Å². The van der Waals surface area contributed by atoms with Crippen LogP contribution in [0.3, 0.4) is 0 Å². The summed E-state index contributed by atoms with van der Waals surface area (Å²) in [7, 11) is 0. The van der Waals surface area contributed by atoms with Crippen LogP contribution in [0.25, 0.3) is 0 Å². The van der Waals surface area contributed by atoms with E-state index in [2.05, 4.69) is 10.5 Å². The highest BCUT2D eigenvalue weighted by Gasteiger charge is 2.45. The Kier molecular flexibility index (Phi) is 4.86. The number of hydrogen-bond acceptors (Lipinski definition) is 4. The molecule has 1 amide bonds. The average Bonchev–Trinajstić information content (AvgIpc) is 3.01. The van der Waals surface area contributed by atoms with Gasteiger partial charge in [0.25, 0.3) is 0 Å². The van der Waals surface area contributed by atoms with Crippen LogP contribution in [0, 0.1) is 11.3 Å². The average molecular weight is 283 g/mol. The zero-order valence-corrected chi connectivity index (χ0v) is 12.1. The normalized spacial score (nSPS) is 25.4. The van der Waals surface area contributed by atoms with Gasteiger partial charge in [-0.25, -0.2) is 0 Å². The summed E-state index contributed by atoms with van der Waals surface area (Å²) in [6.45, 7) is 2.97. The van der Waals surface area contributed by atoms with Crippen molar-refractivity contribution in [2.24, 2.45) is 22.2 Å². The van der Waals surface area contributed by atoms with E-state index >= 15 is 0 Å². The van der Waals surface area contributed by atoms with Gasteiger partial charge in [0.1, 0.15) is 5.41 Å². The number of amides is 1. The van der Waals surface area contributed by atoms with Crippen LogP contribution in [0.15, 0.2) is 5.16 Å². The number of nitrogens with two attached hydrogens (primary N) is 1. The summed E-state index contributed by atoms with van der Waals surface area (Å²) < 4.78 is 5.30. The van der Waals surface area contributed by atoms with E-state index in [1.165, 1.54) is 25.7 Å². The van der Waals surface area contributed by atoms with Crippen LogP contribution in [-0.4, -0.2) is 36.2 Å². The van der Waals surface area contributed by atoms with Gasteiger partial charge in [0, 0.05) is 19.3 Å². The van der Waals surface area contributed by atoms with E-state index in [0.29, 0.717) is 32.0 Å². The van der Waals surface area contributed by atoms with Gasteiger partial charge in [0.15, 0.2) is 5.84 Å². The minimum absolute atomic E-state index is 0.00285. The van der Waals surface area contributed by atoms with Crippen molar-refractivity contribution in [3.05, 3.63) is 0 Å². The first kappa shape index (κ1) is 15.1. The van der Waals surface area contributed by atoms with E-state index < -0.39 is 5.41 Å². The van der Waals surface area contributed by atoms with Gasteiger partial charge in [0.05, 0.1) is 0 Å². The maximum Gasteiger partial charge on any atom is 0.234 e. The molecule has 0 aromatic carbocycles. The molecule has 1 heterocycles. The lowest BCUT2D eigenvalue weighted by Gasteiger charge is -2.36. The largest absolute Gasteiger partial charge is 0.409 e. The summed E-state index contributed by atoms with van der Waals surface area (Å²) in [6.07, 6.45) is 5.74. The Hall–Kier alpha value is -1.30. The van der Waals surface area contributed by atoms with E-state index in [-0.39, 0.29) is 17.8 Å². The monoisotopic (exact) mass is 283 g/mol. The summed E-state index contributed by atoms with van der Waals surface area (Å²) in [5.74, 6) is 0.413. The van der Waals surface area contributed by atoms with Gasteiger partial charge in [-0.1, -0.05) is 18.0 Å². The molecule has 1 unspecified atom stereocenters. The van der Waals surface area contributed by atoms with Crippen LogP contribution < -0.4 is 11.1 Å². The molecule has 1 aliphatic heterocycles. The van der Waals surface area contributed by atoms with Crippen LogP contribution in [0.5, 0.6) is 0 Å². The number of ether oxygens (including phenoxy) is 1. The third kappa shape index (κ3) is 2.90. The van der Waals surface area contributed by atoms with Crippen LogP contribution >= 0.6 is 0 Å². The Morgan fingerprint density at radius 1 is 1.40 bits per heavy atom. The second-order valence-electron chi connectivity index (χ2n) is 5.99. The van der Waals surface area contributed by atoms with Crippen molar-refractivity contribution in [3.8, 4) is 0 Å². The molecule has 1 saturated carbocycles. The Morgan fingerprint density at radius 2 is 2.00 bits per heavy atom. The molecule has 1 saturated heterocycles. The fourth-order valence-electron chi connectivity index (χ4n) is 3.34. The van der Waals surface area contributed by atoms with Gasteiger partial charge in [-0.15, -0.1) is 0 Å². The Labute approximate surface area is 119 Å². The number of carbonyl (C=O) groups excluding carboxylic acids is 1. The zero-order valence-electron chi connectivity index (χ0n) is 12.1. The van der Waals surface area contributed by atoms with Crippen molar-refractivity contribution in [2.75, 3.05) is 13.2 Å². The quantitative estimate of drug-likeness (QED) is 0.313. The summed E-state index contributed by atoms with van der Waals surface area (Å²) in [5.41, 5.74) is 4.88. The summed E-state index contributed by atoms with van der Waals surface area (Å²) in [4.78, 5) is 12.6. The molecule has 0 aromatic heterocycles. The molecule has 2 rings (SSSR count). The minimum atomic E-state index is -0.917. The molecule has 0 radical (unpaired) electrons. The number of oxime groups is 1. The second-order valence-corrected chi connectivity index (χ2v) is 5.99. The maximum atomic E-state index is 12.6. The molecule has 114 valence electrons. The van der Waals surface area contributed by atoms with Gasteiger partial charge >= 0.3 is 0 Å². The first-order valence-electron chi connectivity index (χ1n) is 7.47. The summed E-state index contributed by atoms with van der Waals surface area (Å²) >= 11 is 0. The predicted molar refractivity (Wildman–Crippen MR) is 75.5 cm³/mol. The van der Waals surface area contributed by atoms with Gasteiger partial charge < -0.3 is 21.0 Å². The molecule has 2 aliphatic rings. The molecule has 6 heteroatoms. The first-order valence-corrected chi connectivity index (χ1v) is 7.47. The second kappa shape index (κ2) is 6.43. The summed E-state index contributed by atoms with van der Waals surface area (Å²) in [6, 6.07) is 0.135. The molecule has 20 heavy (non-hydrogen) atoms. The van der Waals surface area contributed by atoms with Gasteiger partial charge in [-0.05, 0) is 38.5 Å². The minimum Gasteiger partial charge on any atom is -0.409 e. The Balaban J connectivity index is 2.06. The third-order valence-electron chi connectivity index (χ3n) is 4.84. The molecule has 1 atom stereocenters. The van der Waals surface area contributed by atoms with Crippen molar-refractivity contribution < 1.29 is 14.7 Å². The van der Waals surface area contributed by atoms with Crippen LogP contribution in [0.4, 0.5) is 0 Å². The highest BCUT2D eigenvalue weighted by atomic mass is 16.5. The molecular weight excluding hydrogens is 258 g/mol. The predicted octanol–water partition coefficient (Wildman–Crippen LogP) is 1.22. The molecule has 4 N–H and O–H groups in total. The van der Waals surface area contributed by atoms with E-state index in [9.17, 15) is 4.79 Å².